The Morgan fingerprint density at radius 3 is 2.57 bits per heavy atom. The fraction of sp³-hybridized carbons (Fsp3) is 0.571. The molecule has 1 fully saturated rings. The van der Waals surface area contributed by atoms with Crippen LogP contribution in [-0.2, 0) is 4.74 Å². The van der Waals surface area contributed by atoms with E-state index in [-0.39, 0.29) is 6.09 Å². The Morgan fingerprint density at radius 2 is 1.93 bits per heavy atom. The summed E-state index contributed by atoms with van der Waals surface area (Å²) in [5, 5.41) is 0. The summed E-state index contributed by atoms with van der Waals surface area (Å²) in [6.07, 6.45) is 1.80. The lowest BCUT2D eigenvalue weighted by Crippen LogP contribution is -2.45. The molecule has 1 aromatic heterocycles. The number of hydrogen-bond donors (Lipinski definition) is 0. The number of carbonyl (C=O) groups is 1. The van der Waals surface area contributed by atoms with Crippen LogP contribution in [0.25, 0.3) is 11.0 Å². The standard InChI is InChI=1S/C21H30N4O3/c1-21(2,3)28-20(26)25-12-8-9-15(14-25)13-24(4)18-19(27-5)23-17-11-7-6-10-16(17)22-18/h6-7,10-11,15H,8-9,12-14H2,1-5H3/t15-/m1/s1. The molecule has 7 heteroatoms. The second-order valence-corrected chi connectivity index (χ2v) is 8.36. The lowest BCUT2D eigenvalue weighted by atomic mass is 9.98. The van der Waals surface area contributed by atoms with E-state index in [1.54, 1.807) is 7.11 Å². The Bertz CT molecular complexity index is 834. The van der Waals surface area contributed by atoms with Gasteiger partial charge in [-0.05, 0) is 51.7 Å². The molecule has 1 atom stereocenters. The summed E-state index contributed by atoms with van der Waals surface area (Å²) < 4.78 is 11.0. The zero-order valence-electron chi connectivity index (χ0n) is 17.4. The highest BCUT2D eigenvalue weighted by atomic mass is 16.6. The van der Waals surface area contributed by atoms with Crippen molar-refractivity contribution in [1.82, 2.24) is 14.9 Å². The summed E-state index contributed by atoms with van der Waals surface area (Å²) in [7, 11) is 3.61. The third kappa shape index (κ3) is 4.82. The monoisotopic (exact) mass is 386 g/mol. The van der Waals surface area contributed by atoms with Gasteiger partial charge in [0.05, 0.1) is 18.1 Å². The number of aromatic nitrogens is 2. The number of para-hydroxylation sites is 2. The van der Waals surface area contributed by atoms with Crippen molar-refractivity contribution in [3.05, 3.63) is 24.3 Å². The molecule has 2 heterocycles. The number of rotatable bonds is 4. The molecule has 7 nitrogen and oxygen atoms in total. The summed E-state index contributed by atoms with van der Waals surface area (Å²) in [6, 6.07) is 7.76. The molecule has 0 saturated carbocycles. The van der Waals surface area contributed by atoms with E-state index < -0.39 is 5.60 Å². The molecule has 1 amide bonds. The zero-order chi connectivity index (χ0) is 20.3. The number of fused-ring (bicyclic) bond motifs is 1. The van der Waals surface area contributed by atoms with E-state index in [9.17, 15) is 4.79 Å². The van der Waals surface area contributed by atoms with E-state index in [2.05, 4.69) is 9.88 Å². The molecule has 0 bridgehead atoms. The minimum absolute atomic E-state index is 0.233. The molecular formula is C21H30N4O3. The van der Waals surface area contributed by atoms with Gasteiger partial charge in [-0.25, -0.2) is 14.8 Å². The van der Waals surface area contributed by atoms with Gasteiger partial charge in [-0.3, -0.25) is 0 Å². The number of hydrogen-bond acceptors (Lipinski definition) is 6. The van der Waals surface area contributed by atoms with Crippen LogP contribution in [0, 0.1) is 5.92 Å². The number of nitrogens with zero attached hydrogens (tertiary/aromatic N) is 4. The molecule has 2 aromatic rings. The van der Waals surface area contributed by atoms with E-state index in [0.717, 1.165) is 42.8 Å². The highest BCUT2D eigenvalue weighted by Gasteiger charge is 2.29. The Labute approximate surface area is 166 Å². The van der Waals surface area contributed by atoms with Gasteiger partial charge >= 0.3 is 6.09 Å². The van der Waals surface area contributed by atoms with Crippen LogP contribution in [-0.4, -0.2) is 60.4 Å². The van der Waals surface area contributed by atoms with Crippen molar-refractivity contribution in [2.24, 2.45) is 5.92 Å². The van der Waals surface area contributed by atoms with Crippen LogP contribution < -0.4 is 9.64 Å². The number of amides is 1. The number of methoxy groups -OCH3 is 1. The van der Waals surface area contributed by atoms with E-state index >= 15 is 0 Å². The van der Waals surface area contributed by atoms with Gasteiger partial charge in [0.1, 0.15) is 5.60 Å². The van der Waals surface area contributed by atoms with Gasteiger partial charge in [0.15, 0.2) is 5.82 Å². The molecule has 1 aliphatic rings. The van der Waals surface area contributed by atoms with Crippen molar-refractivity contribution in [3.63, 3.8) is 0 Å². The number of carbonyl (C=O) groups excluding carboxylic acids is 1. The van der Waals surface area contributed by atoms with E-state index in [0.29, 0.717) is 18.3 Å². The van der Waals surface area contributed by atoms with Crippen LogP contribution in [0.15, 0.2) is 24.3 Å². The van der Waals surface area contributed by atoms with Crippen LogP contribution in [0.1, 0.15) is 33.6 Å². The molecule has 1 aliphatic heterocycles. The fourth-order valence-corrected chi connectivity index (χ4v) is 3.54. The first kappa shape index (κ1) is 20.2. The first-order chi connectivity index (χ1) is 13.3. The molecule has 1 saturated heterocycles. The maximum Gasteiger partial charge on any atom is 0.410 e. The minimum atomic E-state index is -0.477. The van der Waals surface area contributed by atoms with E-state index in [1.165, 1.54) is 0 Å². The lowest BCUT2D eigenvalue weighted by Gasteiger charge is -2.36. The maximum atomic E-state index is 12.4. The molecule has 28 heavy (non-hydrogen) atoms. The first-order valence-corrected chi connectivity index (χ1v) is 9.76. The van der Waals surface area contributed by atoms with Crippen molar-refractivity contribution in [2.45, 2.75) is 39.2 Å². The number of piperidine rings is 1. The molecule has 3 rings (SSSR count). The van der Waals surface area contributed by atoms with Crippen molar-refractivity contribution in [3.8, 4) is 5.88 Å². The summed E-state index contributed by atoms with van der Waals surface area (Å²) in [5.74, 6) is 1.57. The highest BCUT2D eigenvalue weighted by molar-refractivity contribution is 5.77. The Balaban J connectivity index is 1.71. The topological polar surface area (TPSA) is 67.8 Å². The average Bonchev–Trinajstić information content (AvgIpc) is 2.65. The van der Waals surface area contributed by atoms with Gasteiger partial charge in [0.2, 0.25) is 0 Å². The SMILES string of the molecule is COc1nc2ccccc2nc1N(C)C[C@H]1CCCN(C(=O)OC(C)(C)C)C1. The van der Waals surface area contributed by atoms with Crippen LogP contribution >= 0.6 is 0 Å². The second-order valence-electron chi connectivity index (χ2n) is 8.36. The van der Waals surface area contributed by atoms with Gasteiger partial charge in [-0.1, -0.05) is 12.1 Å². The van der Waals surface area contributed by atoms with E-state index in [4.69, 9.17) is 14.5 Å². The summed E-state index contributed by atoms with van der Waals surface area (Å²) in [4.78, 5) is 25.6. The number of benzene rings is 1. The zero-order valence-corrected chi connectivity index (χ0v) is 17.4. The number of likely N-dealkylation sites (tertiary alicyclic amines) is 1. The number of anilines is 1. The van der Waals surface area contributed by atoms with Gasteiger partial charge in [0, 0.05) is 26.7 Å². The van der Waals surface area contributed by atoms with Crippen molar-refractivity contribution in [1.29, 1.82) is 0 Å². The molecule has 0 unspecified atom stereocenters. The summed E-state index contributed by atoms with van der Waals surface area (Å²) in [6.45, 7) is 7.87. The van der Waals surface area contributed by atoms with Gasteiger partial charge < -0.3 is 19.3 Å². The second kappa shape index (κ2) is 8.20. The van der Waals surface area contributed by atoms with Gasteiger partial charge in [-0.15, -0.1) is 0 Å². The van der Waals surface area contributed by atoms with Crippen molar-refractivity contribution in [2.75, 3.05) is 38.7 Å². The predicted molar refractivity (Wildman–Crippen MR) is 110 cm³/mol. The average molecular weight is 386 g/mol. The smallest absolute Gasteiger partial charge is 0.410 e. The normalized spacial score (nSPS) is 17.5. The third-order valence-electron chi connectivity index (χ3n) is 4.78. The fourth-order valence-electron chi connectivity index (χ4n) is 3.54. The van der Waals surface area contributed by atoms with Crippen LogP contribution in [0.4, 0.5) is 10.6 Å². The van der Waals surface area contributed by atoms with Gasteiger partial charge in [0.25, 0.3) is 5.88 Å². The highest BCUT2D eigenvalue weighted by Crippen LogP contribution is 2.28. The first-order valence-electron chi connectivity index (χ1n) is 9.76. The molecule has 0 aliphatic carbocycles. The largest absolute Gasteiger partial charge is 0.478 e. The molecule has 0 N–H and O–H groups in total. The van der Waals surface area contributed by atoms with E-state index in [1.807, 2.05) is 57.0 Å². The Morgan fingerprint density at radius 1 is 1.25 bits per heavy atom. The molecule has 0 radical (unpaired) electrons. The van der Waals surface area contributed by atoms with Crippen LogP contribution in [0.2, 0.25) is 0 Å². The molecular weight excluding hydrogens is 356 g/mol. The van der Waals surface area contributed by atoms with Crippen molar-refractivity contribution >= 4 is 22.9 Å². The Hall–Kier alpha value is -2.57. The number of ether oxygens (including phenoxy) is 2. The molecule has 1 aromatic carbocycles. The molecule has 152 valence electrons. The summed E-state index contributed by atoms with van der Waals surface area (Å²) in [5.41, 5.74) is 1.17. The van der Waals surface area contributed by atoms with Crippen molar-refractivity contribution < 1.29 is 14.3 Å². The quantitative estimate of drug-likeness (QED) is 0.798. The van der Waals surface area contributed by atoms with Gasteiger partial charge in [-0.2, -0.15) is 0 Å². The minimum Gasteiger partial charge on any atom is -0.478 e. The third-order valence-corrected chi connectivity index (χ3v) is 4.78. The van der Waals surface area contributed by atoms with Crippen LogP contribution in [0.3, 0.4) is 0 Å². The lowest BCUT2D eigenvalue weighted by molar-refractivity contribution is 0.0170. The van der Waals surface area contributed by atoms with Crippen LogP contribution in [0.5, 0.6) is 5.88 Å². The summed E-state index contributed by atoms with van der Waals surface area (Å²) >= 11 is 0. The maximum absolute atomic E-state index is 12.4. The predicted octanol–water partition coefficient (Wildman–Crippen LogP) is 3.72. The molecule has 0 spiro atoms. The Kier molecular flexibility index (Phi) is 5.91.